The predicted octanol–water partition coefficient (Wildman–Crippen LogP) is 3.92. The fraction of sp³-hybridized carbons (Fsp3) is 0.684. The molecule has 21 heavy (non-hydrogen) atoms. The van der Waals surface area contributed by atoms with Crippen LogP contribution in [0.5, 0.6) is 5.75 Å². The van der Waals surface area contributed by atoms with Crippen molar-refractivity contribution in [1.82, 2.24) is 5.32 Å². The van der Waals surface area contributed by atoms with Crippen molar-refractivity contribution in [2.45, 2.75) is 51.6 Å². The lowest BCUT2D eigenvalue weighted by Gasteiger charge is -2.54. The Hall–Kier alpha value is -1.02. The maximum atomic E-state index is 5.52. The van der Waals surface area contributed by atoms with Gasteiger partial charge in [-0.05, 0) is 68.8 Å². The molecule has 1 aromatic rings. The average Bonchev–Trinajstić information content (AvgIpc) is 2.46. The van der Waals surface area contributed by atoms with E-state index in [4.69, 9.17) is 4.74 Å². The average molecular weight is 285 g/mol. The first-order valence-corrected chi connectivity index (χ1v) is 8.60. The van der Waals surface area contributed by atoms with Gasteiger partial charge in [0, 0.05) is 18.2 Å². The Morgan fingerprint density at radius 2 is 1.71 bits per heavy atom. The molecule has 1 aromatic carbocycles. The van der Waals surface area contributed by atoms with Crippen LogP contribution in [0.15, 0.2) is 18.2 Å². The van der Waals surface area contributed by atoms with Crippen molar-refractivity contribution in [3.8, 4) is 5.75 Å². The minimum Gasteiger partial charge on any atom is -0.496 e. The van der Waals surface area contributed by atoms with Crippen LogP contribution >= 0.6 is 0 Å². The maximum absolute atomic E-state index is 5.52. The summed E-state index contributed by atoms with van der Waals surface area (Å²) in [5.41, 5.74) is 2.63. The Balaban J connectivity index is 1.46. The van der Waals surface area contributed by atoms with E-state index in [9.17, 15) is 0 Å². The van der Waals surface area contributed by atoms with E-state index in [-0.39, 0.29) is 0 Å². The van der Waals surface area contributed by atoms with Crippen molar-refractivity contribution in [3.05, 3.63) is 29.3 Å². The monoisotopic (exact) mass is 285 g/mol. The summed E-state index contributed by atoms with van der Waals surface area (Å²) < 4.78 is 5.52. The fourth-order valence-corrected chi connectivity index (χ4v) is 5.53. The third-order valence-electron chi connectivity index (χ3n) is 6.19. The zero-order valence-electron chi connectivity index (χ0n) is 13.3. The molecular formula is C19H27NO. The number of aryl methyl sites for hydroxylation is 1. The molecule has 2 heteroatoms. The zero-order chi connectivity index (χ0) is 14.4. The van der Waals surface area contributed by atoms with E-state index in [1.807, 2.05) is 0 Å². The standard InChI is InChI=1S/C19H27NO/c1-12-3-4-18(21-2)17(5-12)11-20-19-15-7-13-6-14(9-15)10-16(19)8-13/h3-5,13-16,19-20H,6-11H2,1-2H3. The molecule has 4 aliphatic rings. The number of ether oxygens (including phenoxy) is 1. The van der Waals surface area contributed by atoms with Gasteiger partial charge in [0.05, 0.1) is 7.11 Å². The highest BCUT2D eigenvalue weighted by atomic mass is 16.5. The van der Waals surface area contributed by atoms with Gasteiger partial charge in [0.25, 0.3) is 0 Å². The van der Waals surface area contributed by atoms with Gasteiger partial charge >= 0.3 is 0 Å². The highest BCUT2D eigenvalue weighted by Crippen LogP contribution is 2.53. The summed E-state index contributed by atoms with van der Waals surface area (Å²) >= 11 is 0. The molecule has 4 aliphatic carbocycles. The van der Waals surface area contributed by atoms with Gasteiger partial charge in [0.15, 0.2) is 0 Å². The molecule has 0 atom stereocenters. The minimum absolute atomic E-state index is 0.753. The predicted molar refractivity (Wildman–Crippen MR) is 85.4 cm³/mol. The van der Waals surface area contributed by atoms with E-state index in [1.54, 1.807) is 7.11 Å². The van der Waals surface area contributed by atoms with E-state index >= 15 is 0 Å². The van der Waals surface area contributed by atoms with Gasteiger partial charge in [-0.3, -0.25) is 0 Å². The van der Waals surface area contributed by atoms with E-state index < -0.39 is 0 Å². The number of hydrogen-bond donors (Lipinski definition) is 1. The molecule has 0 aromatic heterocycles. The third kappa shape index (κ3) is 2.48. The van der Waals surface area contributed by atoms with Crippen molar-refractivity contribution in [1.29, 1.82) is 0 Å². The number of rotatable bonds is 4. The van der Waals surface area contributed by atoms with Crippen LogP contribution in [-0.2, 0) is 6.54 Å². The summed E-state index contributed by atoms with van der Waals surface area (Å²) in [6.45, 7) is 3.11. The molecule has 0 amide bonds. The van der Waals surface area contributed by atoms with Crippen LogP contribution in [-0.4, -0.2) is 13.2 Å². The smallest absolute Gasteiger partial charge is 0.123 e. The Morgan fingerprint density at radius 3 is 2.33 bits per heavy atom. The Morgan fingerprint density at radius 1 is 1.05 bits per heavy atom. The number of methoxy groups -OCH3 is 1. The van der Waals surface area contributed by atoms with Crippen LogP contribution in [0.25, 0.3) is 0 Å². The molecule has 0 spiro atoms. The van der Waals surface area contributed by atoms with Crippen LogP contribution in [0.3, 0.4) is 0 Å². The summed E-state index contributed by atoms with van der Waals surface area (Å²) in [4.78, 5) is 0. The summed E-state index contributed by atoms with van der Waals surface area (Å²) in [5.74, 6) is 5.02. The second-order valence-electron chi connectivity index (χ2n) is 7.65. The van der Waals surface area contributed by atoms with E-state index in [1.165, 1.54) is 43.2 Å². The van der Waals surface area contributed by atoms with Crippen molar-refractivity contribution in [2.24, 2.45) is 23.7 Å². The van der Waals surface area contributed by atoms with Gasteiger partial charge in [-0.15, -0.1) is 0 Å². The SMILES string of the molecule is COc1ccc(C)cc1CNC1C2CC3CC(C2)CC1C3. The molecule has 4 bridgehead atoms. The second-order valence-corrected chi connectivity index (χ2v) is 7.65. The molecule has 5 rings (SSSR count). The first kappa shape index (κ1) is 13.6. The van der Waals surface area contributed by atoms with Crippen LogP contribution in [0, 0.1) is 30.6 Å². The van der Waals surface area contributed by atoms with Gasteiger partial charge in [0.2, 0.25) is 0 Å². The van der Waals surface area contributed by atoms with Crippen LogP contribution in [0.2, 0.25) is 0 Å². The van der Waals surface area contributed by atoms with Crippen LogP contribution in [0.1, 0.15) is 43.2 Å². The largest absolute Gasteiger partial charge is 0.496 e. The number of benzene rings is 1. The fourth-order valence-electron chi connectivity index (χ4n) is 5.53. The molecule has 0 radical (unpaired) electrons. The lowest BCUT2D eigenvalue weighted by molar-refractivity contribution is -0.0143. The number of hydrogen-bond acceptors (Lipinski definition) is 2. The van der Waals surface area contributed by atoms with E-state index in [2.05, 4.69) is 30.4 Å². The van der Waals surface area contributed by atoms with Crippen LogP contribution in [0.4, 0.5) is 0 Å². The highest BCUT2D eigenvalue weighted by Gasteiger charge is 2.47. The molecular weight excluding hydrogens is 258 g/mol. The van der Waals surface area contributed by atoms with Gasteiger partial charge in [0.1, 0.15) is 5.75 Å². The van der Waals surface area contributed by atoms with Crippen molar-refractivity contribution in [2.75, 3.05) is 7.11 Å². The Labute approximate surface area is 128 Å². The molecule has 114 valence electrons. The van der Waals surface area contributed by atoms with Gasteiger partial charge in [-0.25, -0.2) is 0 Å². The molecule has 0 heterocycles. The molecule has 0 unspecified atom stereocenters. The topological polar surface area (TPSA) is 21.3 Å². The molecule has 1 N–H and O–H groups in total. The normalized spacial score (nSPS) is 37.0. The second kappa shape index (κ2) is 5.31. The van der Waals surface area contributed by atoms with Crippen molar-refractivity contribution in [3.63, 3.8) is 0 Å². The van der Waals surface area contributed by atoms with Crippen molar-refractivity contribution < 1.29 is 4.74 Å². The third-order valence-corrected chi connectivity index (χ3v) is 6.19. The summed E-state index contributed by atoms with van der Waals surface area (Å²) in [6, 6.07) is 7.25. The summed E-state index contributed by atoms with van der Waals surface area (Å²) in [7, 11) is 1.77. The van der Waals surface area contributed by atoms with E-state index in [0.717, 1.165) is 42.0 Å². The van der Waals surface area contributed by atoms with E-state index in [0.29, 0.717) is 0 Å². The first-order valence-electron chi connectivity index (χ1n) is 8.60. The Kier molecular flexibility index (Phi) is 3.45. The summed E-state index contributed by atoms with van der Waals surface area (Å²) in [5, 5.41) is 3.90. The summed E-state index contributed by atoms with van der Waals surface area (Å²) in [6.07, 6.45) is 7.46. The quantitative estimate of drug-likeness (QED) is 0.905. The van der Waals surface area contributed by atoms with Gasteiger partial charge in [-0.2, -0.15) is 0 Å². The maximum Gasteiger partial charge on any atom is 0.123 e. The first-order chi connectivity index (χ1) is 10.2. The lowest BCUT2D eigenvalue weighted by atomic mass is 9.54. The molecule has 2 nitrogen and oxygen atoms in total. The zero-order valence-corrected chi connectivity index (χ0v) is 13.3. The minimum atomic E-state index is 0.753. The van der Waals surface area contributed by atoms with Gasteiger partial charge < -0.3 is 10.1 Å². The van der Waals surface area contributed by atoms with Gasteiger partial charge in [-0.1, -0.05) is 17.7 Å². The molecule has 0 saturated heterocycles. The van der Waals surface area contributed by atoms with Crippen LogP contribution < -0.4 is 10.1 Å². The highest BCUT2D eigenvalue weighted by molar-refractivity contribution is 5.36. The molecule has 4 fully saturated rings. The van der Waals surface area contributed by atoms with Crippen molar-refractivity contribution >= 4 is 0 Å². The molecule has 4 saturated carbocycles. The molecule has 0 aliphatic heterocycles. The lowest BCUT2D eigenvalue weighted by Crippen LogP contribution is -2.54. The number of nitrogens with one attached hydrogen (secondary N) is 1. The Bertz CT molecular complexity index is 496.